The van der Waals surface area contributed by atoms with E-state index >= 15 is 0 Å². The number of carboxylic acid groups (broad SMARTS) is 2. The number of oxime groups is 1. The van der Waals surface area contributed by atoms with Crippen molar-refractivity contribution in [2.45, 2.75) is 35.7 Å². The lowest BCUT2D eigenvalue weighted by molar-refractivity contribution is -0.161. The van der Waals surface area contributed by atoms with Gasteiger partial charge in [0.05, 0.1) is 30.2 Å². The number of fused-ring (bicyclic) bond motifs is 1. The molecule has 3 fully saturated rings. The number of urea groups is 1. The molecule has 5 rings (SSSR count). The van der Waals surface area contributed by atoms with Gasteiger partial charge in [-0.05, 0) is 26.0 Å². The van der Waals surface area contributed by atoms with Crippen molar-refractivity contribution in [1.82, 2.24) is 30.4 Å². The Kier molecular flexibility index (Phi) is 9.72. The van der Waals surface area contributed by atoms with E-state index in [0.717, 1.165) is 39.1 Å². The van der Waals surface area contributed by atoms with Gasteiger partial charge in [0.25, 0.3) is 11.8 Å². The molecule has 3 aliphatic rings. The monoisotopic (exact) mass is 753 g/mol. The minimum atomic E-state index is -1.94. The highest BCUT2D eigenvalue weighted by Gasteiger charge is 2.66. The first-order valence-electron chi connectivity index (χ1n) is 14.3. The standard InChI is InChI=1S/C27H28ClN9O11S2/c1-26(2,22(43)44)48-34-15(12-9-49-24(29)32-12)19(41)33-16-20(42)35-10-27(23(45)46,50-21(16)35)36-7-8-37(25(36)47)31-6-5-30-18(40)11-3-4-13(38)17(39)14(11)28/h3-4,6,9,16,21,38-39H,5,7-8,10H2,1-2H3,(H2,29,32)(H,30,40)(H,33,41)(H,43,44)(H,45,46)/b31-6+,34-15-/t16-,21-,27-/m1/s1. The highest BCUT2D eigenvalue weighted by Crippen LogP contribution is 2.49. The molecule has 0 aliphatic carbocycles. The van der Waals surface area contributed by atoms with E-state index < -0.39 is 81.3 Å². The molecule has 0 bridgehead atoms. The van der Waals surface area contributed by atoms with E-state index in [4.69, 9.17) is 22.2 Å². The predicted octanol–water partition coefficient (Wildman–Crippen LogP) is -0.292. The quantitative estimate of drug-likeness (QED) is 0.0635. The third-order valence-corrected chi connectivity index (χ3v) is 10.4. The molecule has 3 saturated heterocycles. The van der Waals surface area contributed by atoms with Crippen molar-refractivity contribution in [3.63, 3.8) is 0 Å². The minimum absolute atomic E-state index is 0.0292. The molecule has 0 saturated carbocycles. The van der Waals surface area contributed by atoms with E-state index in [0.29, 0.717) is 0 Å². The van der Waals surface area contributed by atoms with Crippen LogP contribution in [-0.2, 0) is 24.0 Å². The van der Waals surface area contributed by atoms with Crippen LogP contribution in [-0.4, -0.2) is 136 Å². The van der Waals surface area contributed by atoms with Crippen LogP contribution in [0.15, 0.2) is 27.8 Å². The first-order chi connectivity index (χ1) is 23.5. The number of aromatic hydroxyl groups is 2. The van der Waals surface area contributed by atoms with E-state index in [1.54, 1.807) is 0 Å². The number of aromatic nitrogens is 1. The zero-order valence-electron chi connectivity index (χ0n) is 25.9. The molecule has 23 heteroatoms. The van der Waals surface area contributed by atoms with Crippen LogP contribution in [0.5, 0.6) is 11.5 Å². The number of hydrogen-bond donors (Lipinski definition) is 7. The maximum atomic E-state index is 13.3. The number of nitrogens with zero attached hydrogens (tertiary/aromatic N) is 6. The van der Waals surface area contributed by atoms with Crippen LogP contribution in [0.2, 0.25) is 5.02 Å². The largest absolute Gasteiger partial charge is 0.504 e. The van der Waals surface area contributed by atoms with Gasteiger partial charge < -0.3 is 46.5 Å². The van der Waals surface area contributed by atoms with Gasteiger partial charge in [-0.1, -0.05) is 28.5 Å². The normalized spacial score (nSPS) is 22.1. The molecule has 3 aliphatic heterocycles. The van der Waals surface area contributed by atoms with Gasteiger partial charge in [0.15, 0.2) is 22.3 Å². The summed E-state index contributed by atoms with van der Waals surface area (Å²) in [4.78, 5) is 85.8. The van der Waals surface area contributed by atoms with E-state index in [9.17, 15) is 49.2 Å². The second-order valence-electron chi connectivity index (χ2n) is 11.3. The summed E-state index contributed by atoms with van der Waals surface area (Å²) < 4.78 is 0. The average Bonchev–Trinajstić information content (AvgIpc) is 3.76. The summed E-state index contributed by atoms with van der Waals surface area (Å²) in [5, 5.41) is 52.7. The van der Waals surface area contributed by atoms with Crippen molar-refractivity contribution in [2.24, 2.45) is 10.3 Å². The Morgan fingerprint density at radius 3 is 2.58 bits per heavy atom. The van der Waals surface area contributed by atoms with Gasteiger partial charge in [-0.3, -0.25) is 19.3 Å². The second-order valence-corrected chi connectivity index (χ2v) is 14.0. The molecule has 266 valence electrons. The van der Waals surface area contributed by atoms with Crippen LogP contribution >= 0.6 is 34.7 Å². The average molecular weight is 754 g/mol. The fourth-order valence-electron chi connectivity index (χ4n) is 4.89. The number of carboxylic acids is 2. The number of nitrogens with two attached hydrogens (primary N) is 1. The van der Waals surface area contributed by atoms with E-state index in [1.807, 2.05) is 0 Å². The van der Waals surface area contributed by atoms with E-state index in [1.165, 1.54) is 36.4 Å². The predicted molar refractivity (Wildman–Crippen MR) is 176 cm³/mol. The number of phenols is 2. The molecular weight excluding hydrogens is 726 g/mol. The van der Waals surface area contributed by atoms with Gasteiger partial charge in [0.2, 0.25) is 16.4 Å². The molecule has 20 nitrogen and oxygen atoms in total. The van der Waals surface area contributed by atoms with Crippen LogP contribution in [0, 0.1) is 0 Å². The topological polar surface area (TPSA) is 290 Å². The van der Waals surface area contributed by atoms with Crippen molar-refractivity contribution in [2.75, 3.05) is 31.9 Å². The summed E-state index contributed by atoms with van der Waals surface area (Å²) in [5.74, 6) is -6.29. The van der Waals surface area contributed by atoms with Gasteiger partial charge >= 0.3 is 18.0 Å². The van der Waals surface area contributed by atoms with Gasteiger partial charge in [-0.2, -0.15) is 5.10 Å². The van der Waals surface area contributed by atoms with Crippen molar-refractivity contribution in [1.29, 1.82) is 0 Å². The molecular formula is C27H28ClN9O11S2. The lowest BCUT2D eigenvalue weighted by Crippen LogP contribution is -2.68. The molecule has 2 aromatic rings. The van der Waals surface area contributed by atoms with Crippen LogP contribution in [0.25, 0.3) is 0 Å². The molecule has 1 aromatic carbocycles. The number of carbonyl (C=O) groups excluding carboxylic acids is 4. The van der Waals surface area contributed by atoms with Crippen LogP contribution in [0.3, 0.4) is 0 Å². The number of β-lactam (4-membered cyclic amide) rings is 1. The maximum Gasteiger partial charge on any atom is 0.350 e. The SMILES string of the molecule is CC(C)(O/N=C(\C(=O)N[C@@H]1C(=O)N2C[C@@](C(=O)O)(N3CCN(/N=C/CNC(=O)c4ccc(O)c(O)c4Cl)C3=O)S[C@H]12)c1csc(N)n1)C(=O)O. The Balaban J connectivity index is 1.25. The fourth-order valence-corrected chi connectivity index (χ4v) is 7.32. The zero-order valence-corrected chi connectivity index (χ0v) is 28.3. The highest BCUT2D eigenvalue weighted by atomic mass is 35.5. The summed E-state index contributed by atoms with van der Waals surface area (Å²) in [6.45, 7) is 1.69. The number of anilines is 1. The highest BCUT2D eigenvalue weighted by molar-refractivity contribution is 8.02. The van der Waals surface area contributed by atoms with E-state index in [2.05, 4.69) is 25.9 Å². The van der Waals surface area contributed by atoms with Crippen molar-refractivity contribution in [3.05, 3.63) is 33.8 Å². The number of thiazole rings is 1. The number of phenolic OH excluding ortho intramolecular Hbond substituents is 2. The van der Waals surface area contributed by atoms with Crippen molar-refractivity contribution < 1.29 is 54.0 Å². The number of amides is 5. The maximum absolute atomic E-state index is 13.3. The number of hydrazone groups is 1. The molecule has 1 aromatic heterocycles. The molecule has 50 heavy (non-hydrogen) atoms. The van der Waals surface area contributed by atoms with Gasteiger partial charge in [-0.15, -0.1) is 11.3 Å². The smallest absolute Gasteiger partial charge is 0.350 e. The number of aliphatic carboxylic acids is 2. The number of nitrogens with one attached hydrogen (secondary N) is 2. The first kappa shape index (κ1) is 35.9. The summed E-state index contributed by atoms with van der Waals surface area (Å²) in [5.41, 5.74) is 3.19. The van der Waals surface area contributed by atoms with Crippen molar-refractivity contribution >= 4 is 87.4 Å². The third kappa shape index (κ3) is 6.50. The molecule has 3 atom stereocenters. The summed E-state index contributed by atoms with van der Waals surface area (Å²) in [6, 6.07) is 0.236. The number of nitrogen functional groups attached to an aromatic ring is 1. The Bertz CT molecular complexity index is 1850. The lowest BCUT2D eigenvalue weighted by Gasteiger charge is -2.41. The summed E-state index contributed by atoms with van der Waals surface area (Å²) >= 11 is 7.63. The molecule has 0 spiro atoms. The number of benzene rings is 1. The summed E-state index contributed by atoms with van der Waals surface area (Å²) in [7, 11) is 0. The Labute approximate surface area is 294 Å². The third-order valence-electron chi connectivity index (χ3n) is 7.66. The van der Waals surface area contributed by atoms with Gasteiger partial charge in [0, 0.05) is 18.1 Å². The Morgan fingerprint density at radius 2 is 1.94 bits per heavy atom. The number of thioether (sulfide) groups is 1. The van der Waals surface area contributed by atoms with E-state index in [-0.39, 0.29) is 41.0 Å². The molecule has 5 amide bonds. The van der Waals surface area contributed by atoms with Crippen LogP contribution in [0.1, 0.15) is 29.9 Å². The van der Waals surface area contributed by atoms with Crippen molar-refractivity contribution in [3.8, 4) is 11.5 Å². The number of carbonyl (C=O) groups is 6. The van der Waals surface area contributed by atoms with Gasteiger partial charge in [-0.25, -0.2) is 24.4 Å². The van der Waals surface area contributed by atoms with Gasteiger partial charge in [0.1, 0.15) is 17.1 Å². The molecule has 8 N–H and O–H groups in total. The second kappa shape index (κ2) is 13.5. The van der Waals surface area contributed by atoms with Crippen LogP contribution < -0.4 is 16.4 Å². The Morgan fingerprint density at radius 1 is 1.22 bits per heavy atom. The Hall–Kier alpha value is -5.35. The van der Waals surface area contributed by atoms with Crippen LogP contribution in [0.4, 0.5) is 9.93 Å². The summed E-state index contributed by atoms with van der Waals surface area (Å²) in [6.07, 6.45) is 1.18. The fraction of sp³-hybridized carbons (Fsp3) is 0.370. The number of hydrogen-bond acceptors (Lipinski definition) is 15. The first-order valence-corrected chi connectivity index (χ1v) is 16.5. The number of halogens is 1. The number of rotatable bonds is 12. The lowest BCUT2D eigenvalue weighted by atomic mass is 10.1. The minimum Gasteiger partial charge on any atom is -0.504 e. The molecule has 0 unspecified atom stereocenters. The zero-order chi connectivity index (χ0) is 36.7. The molecule has 0 radical (unpaired) electrons. The molecule has 4 heterocycles.